The molecule has 0 saturated heterocycles. The number of nitrogens with zero attached hydrogens (tertiary/aromatic N) is 2. The molecule has 1 aromatic rings. The van der Waals surface area contributed by atoms with Crippen LogP contribution < -0.4 is 10.1 Å². The minimum Gasteiger partial charge on any atom is -0.481 e. The van der Waals surface area contributed by atoms with Crippen LogP contribution in [0.5, 0.6) is 5.88 Å². The fourth-order valence-electron chi connectivity index (χ4n) is 2.60. The SMILES string of the molecule is COc1cc(NC2CCC(C)CC2C)ncn1. The first-order valence-electron chi connectivity index (χ1n) is 6.31. The molecule has 4 heteroatoms. The second kappa shape index (κ2) is 5.34. The average molecular weight is 235 g/mol. The van der Waals surface area contributed by atoms with Crippen LogP contribution in [0, 0.1) is 11.8 Å². The van der Waals surface area contributed by atoms with Crippen LogP contribution in [0.25, 0.3) is 0 Å². The largest absolute Gasteiger partial charge is 0.481 e. The van der Waals surface area contributed by atoms with Gasteiger partial charge >= 0.3 is 0 Å². The van der Waals surface area contributed by atoms with Gasteiger partial charge in [-0.25, -0.2) is 9.97 Å². The van der Waals surface area contributed by atoms with E-state index in [1.165, 1.54) is 25.6 Å². The fourth-order valence-corrected chi connectivity index (χ4v) is 2.60. The number of nitrogens with one attached hydrogen (secondary N) is 1. The molecule has 2 rings (SSSR count). The molecule has 0 bridgehead atoms. The lowest BCUT2D eigenvalue weighted by molar-refractivity contribution is 0.276. The lowest BCUT2D eigenvalue weighted by Crippen LogP contribution is -2.33. The second-order valence-corrected chi connectivity index (χ2v) is 5.09. The number of methoxy groups -OCH3 is 1. The highest BCUT2D eigenvalue weighted by molar-refractivity contribution is 5.38. The maximum Gasteiger partial charge on any atom is 0.218 e. The first-order chi connectivity index (χ1) is 8.19. The lowest BCUT2D eigenvalue weighted by Gasteiger charge is -2.33. The lowest BCUT2D eigenvalue weighted by atomic mass is 9.80. The summed E-state index contributed by atoms with van der Waals surface area (Å²) < 4.78 is 5.10. The van der Waals surface area contributed by atoms with Gasteiger partial charge in [-0.05, 0) is 31.1 Å². The summed E-state index contributed by atoms with van der Waals surface area (Å²) in [5.41, 5.74) is 0. The van der Waals surface area contributed by atoms with E-state index in [0.29, 0.717) is 17.8 Å². The highest BCUT2D eigenvalue weighted by atomic mass is 16.5. The van der Waals surface area contributed by atoms with Crippen molar-refractivity contribution in [2.75, 3.05) is 12.4 Å². The molecule has 1 aliphatic carbocycles. The zero-order valence-electron chi connectivity index (χ0n) is 10.8. The molecule has 1 heterocycles. The van der Waals surface area contributed by atoms with E-state index in [4.69, 9.17) is 4.74 Å². The van der Waals surface area contributed by atoms with E-state index in [1.54, 1.807) is 7.11 Å². The van der Waals surface area contributed by atoms with Gasteiger partial charge in [0.1, 0.15) is 12.1 Å². The summed E-state index contributed by atoms with van der Waals surface area (Å²) in [4.78, 5) is 8.24. The van der Waals surface area contributed by atoms with Gasteiger partial charge < -0.3 is 10.1 Å². The molecule has 1 aromatic heterocycles. The monoisotopic (exact) mass is 235 g/mol. The van der Waals surface area contributed by atoms with Crippen molar-refractivity contribution in [3.05, 3.63) is 12.4 Å². The molecule has 1 saturated carbocycles. The van der Waals surface area contributed by atoms with Crippen molar-refractivity contribution in [1.82, 2.24) is 9.97 Å². The van der Waals surface area contributed by atoms with E-state index in [9.17, 15) is 0 Å². The van der Waals surface area contributed by atoms with Gasteiger partial charge in [0.2, 0.25) is 5.88 Å². The predicted molar refractivity (Wildman–Crippen MR) is 68.2 cm³/mol. The van der Waals surface area contributed by atoms with Crippen LogP contribution in [0.4, 0.5) is 5.82 Å². The Balaban J connectivity index is 2.00. The van der Waals surface area contributed by atoms with Gasteiger partial charge in [-0.1, -0.05) is 13.8 Å². The Labute approximate surface area is 103 Å². The third-order valence-electron chi connectivity index (χ3n) is 3.62. The van der Waals surface area contributed by atoms with Gasteiger partial charge in [0.25, 0.3) is 0 Å². The normalized spacial score (nSPS) is 28.8. The van der Waals surface area contributed by atoms with Crippen LogP contribution in [0.1, 0.15) is 33.1 Å². The minimum atomic E-state index is 0.519. The van der Waals surface area contributed by atoms with Crippen LogP contribution in [0.2, 0.25) is 0 Å². The van der Waals surface area contributed by atoms with E-state index in [-0.39, 0.29) is 0 Å². The van der Waals surface area contributed by atoms with Crippen molar-refractivity contribution >= 4 is 5.82 Å². The summed E-state index contributed by atoms with van der Waals surface area (Å²) in [6, 6.07) is 2.37. The molecule has 94 valence electrons. The van der Waals surface area contributed by atoms with Crippen LogP contribution in [-0.2, 0) is 0 Å². The standard InChI is InChI=1S/C13H21N3O/c1-9-4-5-11(10(2)6-9)16-12-7-13(17-3)15-8-14-12/h7-11H,4-6H2,1-3H3,(H,14,15,16). The molecule has 4 nitrogen and oxygen atoms in total. The average Bonchev–Trinajstić information content (AvgIpc) is 2.33. The number of anilines is 1. The zero-order chi connectivity index (χ0) is 12.3. The van der Waals surface area contributed by atoms with Crippen molar-refractivity contribution < 1.29 is 4.74 Å². The number of rotatable bonds is 3. The number of ether oxygens (including phenoxy) is 1. The summed E-state index contributed by atoms with van der Waals surface area (Å²) in [7, 11) is 1.62. The van der Waals surface area contributed by atoms with Crippen LogP contribution in [-0.4, -0.2) is 23.1 Å². The number of aromatic nitrogens is 2. The summed E-state index contributed by atoms with van der Waals surface area (Å²) in [5.74, 6) is 3.02. The molecular formula is C13H21N3O. The minimum absolute atomic E-state index is 0.519. The fraction of sp³-hybridized carbons (Fsp3) is 0.692. The third kappa shape index (κ3) is 3.08. The Hall–Kier alpha value is -1.32. The van der Waals surface area contributed by atoms with Crippen molar-refractivity contribution in [2.24, 2.45) is 11.8 Å². The van der Waals surface area contributed by atoms with E-state index in [0.717, 1.165) is 11.7 Å². The molecule has 1 N–H and O–H groups in total. The summed E-state index contributed by atoms with van der Waals surface area (Å²) in [6.07, 6.45) is 5.34. The van der Waals surface area contributed by atoms with Crippen LogP contribution >= 0.6 is 0 Å². The van der Waals surface area contributed by atoms with Crippen LogP contribution in [0.15, 0.2) is 12.4 Å². The molecule has 3 atom stereocenters. The molecular weight excluding hydrogens is 214 g/mol. The van der Waals surface area contributed by atoms with E-state index < -0.39 is 0 Å². The summed E-state index contributed by atoms with van der Waals surface area (Å²) in [6.45, 7) is 4.65. The molecule has 0 aliphatic heterocycles. The van der Waals surface area contributed by atoms with Crippen molar-refractivity contribution in [1.29, 1.82) is 0 Å². The van der Waals surface area contributed by atoms with Crippen molar-refractivity contribution in [2.45, 2.75) is 39.2 Å². The van der Waals surface area contributed by atoms with E-state index in [2.05, 4.69) is 29.1 Å². The van der Waals surface area contributed by atoms with Gasteiger partial charge in [0.15, 0.2) is 0 Å². The highest BCUT2D eigenvalue weighted by Gasteiger charge is 2.25. The first kappa shape index (κ1) is 12.1. The van der Waals surface area contributed by atoms with Gasteiger partial charge in [0, 0.05) is 12.1 Å². The van der Waals surface area contributed by atoms with Gasteiger partial charge in [-0.2, -0.15) is 0 Å². The smallest absolute Gasteiger partial charge is 0.218 e. The molecule has 0 spiro atoms. The molecule has 0 aromatic carbocycles. The van der Waals surface area contributed by atoms with E-state index >= 15 is 0 Å². The molecule has 1 aliphatic rings. The number of hydrogen-bond donors (Lipinski definition) is 1. The maximum absolute atomic E-state index is 5.10. The Kier molecular flexibility index (Phi) is 3.82. The van der Waals surface area contributed by atoms with Gasteiger partial charge in [-0.15, -0.1) is 0 Å². The highest BCUT2D eigenvalue weighted by Crippen LogP contribution is 2.30. The van der Waals surface area contributed by atoms with Gasteiger partial charge in [0.05, 0.1) is 7.11 Å². The Bertz CT molecular complexity index is 369. The Morgan fingerprint density at radius 2 is 2.12 bits per heavy atom. The summed E-state index contributed by atoms with van der Waals surface area (Å²) >= 11 is 0. The van der Waals surface area contributed by atoms with Crippen molar-refractivity contribution in [3.63, 3.8) is 0 Å². The van der Waals surface area contributed by atoms with Crippen LogP contribution in [0.3, 0.4) is 0 Å². The second-order valence-electron chi connectivity index (χ2n) is 5.09. The predicted octanol–water partition coefficient (Wildman–Crippen LogP) is 2.72. The topological polar surface area (TPSA) is 47.0 Å². The molecule has 0 amide bonds. The molecule has 0 radical (unpaired) electrons. The van der Waals surface area contributed by atoms with Crippen molar-refractivity contribution in [3.8, 4) is 5.88 Å². The summed E-state index contributed by atoms with van der Waals surface area (Å²) in [5, 5.41) is 3.49. The maximum atomic E-state index is 5.10. The zero-order valence-corrected chi connectivity index (χ0v) is 10.8. The Morgan fingerprint density at radius 1 is 1.29 bits per heavy atom. The number of hydrogen-bond acceptors (Lipinski definition) is 4. The quantitative estimate of drug-likeness (QED) is 0.875. The molecule has 17 heavy (non-hydrogen) atoms. The molecule has 1 fully saturated rings. The Morgan fingerprint density at radius 3 is 2.82 bits per heavy atom. The third-order valence-corrected chi connectivity index (χ3v) is 3.62. The van der Waals surface area contributed by atoms with Gasteiger partial charge in [-0.3, -0.25) is 0 Å². The first-order valence-corrected chi connectivity index (χ1v) is 6.31. The van der Waals surface area contributed by atoms with E-state index in [1.807, 2.05) is 6.07 Å². The molecule has 3 unspecified atom stereocenters.